The lowest BCUT2D eigenvalue weighted by atomic mass is 10.2. The number of aromatic nitrogens is 2. The van der Waals surface area contributed by atoms with E-state index < -0.39 is 0 Å². The summed E-state index contributed by atoms with van der Waals surface area (Å²) < 4.78 is 4.47. The molecule has 0 aliphatic rings. The summed E-state index contributed by atoms with van der Waals surface area (Å²) in [5, 5.41) is 9.78. The normalized spacial score (nSPS) is 11.4. The minimum atomic E-state index is -0.181. The summed E-state index contributed by atoms with van der Waals surface area (Å²) in [7, 11) is 1.83. The van der Waals surface area contributed by atoms with Crippen LogP contribution in [0, 0.1) is 6.92 Å². The third-order valence-corrected chi connectivity index (χ3v) is 5.11. The lowest BCUT2D eigenvalue weighted by Crippen LogP contribution is -2.19. The minimum absolute atomic E-state index is 0.125. The van der Waals surface area contributed by atoms with Crippen LogP contribution in [-0.4, -0.2) is 20.7 Å². The maximum absolute atomic E-state index is 12.8. The molecular formula is C18H15Br2N3O2. The fourth-order valence-electron chi connectivity index (χ4n) is 2.50. The van der Waals surface area contributed by atoms with Crippen LogP contribution in [0.15, 0.2) is 61.2 Å². The Morgan fingerprint density at radius 1 is 1.12 bits per heavy atom. The summed E-state index contributed by atoms with van der Waals surface area (Å²) in [5.41, 5.74) is 2.51. The van der Waals surface area contributed by atoms with E-state index in [-0.39, 0.29) is 11.3 Å². The molecular weight excluding hydrogens is 450 g/mol. The molecule has 1 heterocycles. The van der Waals surface area contributed by atoms with Gasteiger partial charge in [0.1, 0.15) is 5.75 Å². The van der Waals surface area contributed by atoms with Crippen molar-refractivity contribution in [3.8, 4) is 11.4 Å². The van der Waals surface area contributed by atoms with Gasteiger partial charge in [-0.2, -0.15) is 0 Å². The molecule has 0 saturated carbocycles. The lowest BCUT2D eigenvalue weighted by molar-refractivity contribution is 0.468. The summed E-state index contributed by atoms with van der Waals surface area (Å²) in [6, 6.07) is 12.9. The zero-order valence-electron chi connectivity index (χ0n) is 13.6. The average Bonchev–Trinajstić information content (AvgIpc) is 2.81. The SMILES string of the molecule is Cc1c(N=Cc2cc(Br)c(O)c(Br)c2)c(=O)n(-c2ccccc2)n1C. The second-order valence-corrected chi connectivity index (χ2v) is 7.21. The monoisotopic (exact) mass is 463 g/mol. The van der Waals surface area contributed by atoms with Gasteiger partial charge in [0, 0.05) is 13.3 Å². The zero-order valence-corrected chi connectivity index (χ0v) is 16.7. The number of aliphatic imine (C=N–C) groups is 1. The molecule has 0 unspecified atom stereocenters. The van der Waals surface area contributed by atoms with Gasteiger partial charge in [0.15, 0.2) is 5.69 Å². The smallest absolute Gasteiger partial charge is 0.297 e. The molecule has 2 aromatic carbocycles. The van der Waals surface area contributed by atoms with Gasteiger partial charge in [-0.15, -0.1) is 0 Å². The van der Waals surface area contributed by atoms with E-state index in [0.29, 0.717) is 14.6 Å². The molecule has 0 fully saturated rings. The van der Waals surface area contributed by atoms with E-state index in [9.17, 15) is 9.90 Å². The molecule has 1 aromatic heterocycles. The van der Waals surface area contributed by atoms with Crippen LogP contribution in [0.25, 0.3) is 5.69 Å². The van der Waals surface area contributed by atoms with Gasteiger partial charge in [0.05, 0.1) is 20.3 Å². The standard InChI is InChI=1S/C18H15Br2N3O2/c1-11-16(21-10-12-8-14(19)17(24)15(20)9-12)18(25)23(22(11)2)13-6-4-3-5-7-13/h3-10,24H,1-2H3. The number of phenols is 1. The van der Waals surface area contributed by atoms with Crippen molar-refractivity contribution in [1.82, 2.24) is 9.36 Å². The summed E-state index contributed by atoms with van der Waals surface area (Å²) >= 11 is 6.57. The molecule has 3 aromatic rings. The van der Waals surface area contributed by atoms with Crippen LogP contribution in [0.2, 0.25) is 0 Å². The van der Waals surface area contributed by atoms with Gasteiger partial charge in [-0.3, -0.25) is 9.48 Å². The summed E-state index contributed by atoms with van der Waals surface area (Å²) in [5.74, 6) is 0.125. The number of hydrogen-bond donors (Lipinski definition) is 1. The van der Waals surface area contributed by atoms with E-state index in [4.69, 9.17) is 0 Å². The fourth-order valence-corrected chi connectivity index (χ4v) is 3.72. The van der Waals surface area contributed by atoms with Crippen LogP contribution in [0.1, 0.15) is 11.3 Å². The predicted molar refractivity (Wildman–Crippen MR) is 107 cm³/mol. The Kier molecular flexibility index (Phi) is 4.96. The van der Waals surface area contributed by atoms with Crippen LogP contribution < -0.4 is 5.56 Å². The highest BCUT2D eigenvalue weighted by atomic mass is 79.9. The first kappa shape index (κ1) is 17.7. The van der Waals surface area contributed by atoms with Crippen LogP contribution in [0.4, 0.5) is 5.69 Å². The van der Waals surface area contributed by atoms with Gasteiger partial charge in [0.2, 0.25) is 0 Å². The number of nitrogens with zero attached hydrogens (tertiary/aromatic N) is 3. The van der Waals surface area contributed by atoms with Gasteiger partial charge in [-0.05, 0) is 68.6 Å². The number of hydrogen-bond acceptors (Lipinski definition) is 3. The van der Waals surface area contributed by atoms with Crippen molar-refractivity contribution in [1.29, 1.82) is 0 Å². The predicted octanol–water partition coefficient (Wildman–Crippen LogP) is 4.47. The Labute approximate surface area is 161 Å². The van der Waals surface area contributed by atoms with Crippen LogP contribution in [0.5, 0.6) is 5.75 Å². The third kappa shape index (κ3) is 3.34. The summed E-state index contributed by atoms with van der Waals surface area (Å²) in [6.45, 7) is 1.86. The maximum Gasteiger partial charge on any atom is 0.297 e. The fraction of sp³-hybridized carbons (Fsp3) is 0.111. The summed E-state index contributed by atoms with van der Waals surface area (Å²) in [4.78, 5) is 17.2. The molecule has 0 saturated heterocycles. The third-order valence-electron chi connectivity index (χ3n) is 3.91. The van der Waals surface area contributed by atoms with Crippen molar-refractivity contribution >= 4 is 43.8 Å². The molecule has 25 heavy (non-hydrogen) atoms. The van der Waals surface area contributed by atoms with Crippen LogP contribution >= 0.6 is 31.9 Å². The molecule has 5 nitrogen and oxygen atoms in total. The topological polar surface area (TPSA) is 59.5 Å². The molecule has 0 atom stereocenters. The van der Waals surface area contributed by atoms with Crippen molar-refractivity contribution < 1.29 is 5.11 Å². The van der Waals surface area contributed by atoms with Gasteiger partial charge in [-0.1, -0.05) is 18.2 Å². The Morgan fingerprint density at radius 3 is 2.32 bits per heavy atom. The largest absolute Gasteiger partial charge is 0.506 e. The first-order chi connectivity index (χ1) is 11.9. The number of benzene rings is 2. The number of para-hydroxylation sites is 1. The Morgan fingerprint density at radius 2 is 1.72 bits per heavy atom. The molecule has 0 amide bonds. The van der Waals surface area contributed by atoms with Crippen molar-refractivity contribution in [2.24, 2.45) is 12.0 Å². The first-order valence-corrected chi connectivity index (χ1v) is 9.05. The summed E-state index contributed by atoms with van der Waals surface area (Å²) in [6.07, 6.45) is 1.61. The van der Waals surface area contributed by atoms with E-state index in [1.165, 1.54) is 0 Å². The van der Waals surface area contributed by atoms with Crippen LogP contribution in [0.3, 0.4) is 0 Å². The van der Waals surface area contributed by atoms with Crippen molar-refractivity contribution in [3.05, 3.63) is 73.0 Å². The number of phenolic OH excluding ortho intramolecular Hbond substituents is 1. The molecule has 7 heteroatoms. The van der Waals surface area contributed by atoms with Crippen molar-refractivity contribution in [2.45, 2.75) is 6.92 Å². The number of halogens is 2. The Bertz CT molecular complexity index is 998. The van der Waals surface area contributed by atoms with Gasteiger partial charge < -0.3 is 5.11 Å². The Balaban J connectivity index is 2.06. The maximum atomic E-state index is 12.8. The van der Waals surface area contributed by atoms with Crippen molar-refractivity contribution in [2.75, 3.05) is 0 Å². The molecule has 0 bridgehead atoms. The Hall–Kier alpha value is -2.12. The lowest BCUT2D eigenvalue weighted by Gasteiger charge is -2.07. The molecule has 0 radical (unpaired) electrons. The second kappa shape index (κ2) is 7.01. The van der Waals surface area contributed by atoms with Crippen LogP contribution in [-0.2, 0) is 7.05 Å². The minimum Gasteiger partial charge on any atom is -0.506 e. The molecule has 1 N–H and O–H groups in total. The van der Waals surface area contributed by atoms with E-state index in [2.05, 4.69) is 36.9 Å². The van der Waals surface area contributed by atoms with Gasteiger partial charge in [-0.25, -0.2) is 9.67 Å². The van der Waals surface area contributed by atoms with E-state index in [0.717, 1.165) is 16.9 Å². The molecule has 3 rings (SSSR count). The van der Waals surface area contributed by atoms with Crippen molar-refractivity contribution in [3.63, 3.8) is 0 Å². The molecule has 0 aliphatic heterocycles. The number of aromatic hydroxyl groups is 1. The van der Waals surface area contributed by atoms with E-state index in [1.807, 2.05) is 44.3 Å². The molecule has 0 aliphatic carbocycles. The average molecular weight is 465 g/mol. The highest BCUT2D eigenvalue weighted by Crippen LogP contribution is 2.33. The highest BCUT2D eigenvalue weighted by molar-refractivity contribution is 9.11. The molecule has 128 valence electrons. The van der Waals surface area contributed by atoms with Gasteiger partial charge in [0.25, 0.3) is 5.56 Å². The zero-order chi connectivity index (χ0) is 18.1. The quantitative estimate of drug-likeness (QED) is 0.581. The van der Waals surface area contributed by atoms with Gasteiger partial charge >= 0.3 is 0 Å². The second-order valence-electron chi connectivity index (χ2n) is 5.50. The highest BCUT2D eigenvalue weighted by Gasteiger charge is 2.15. The molecule has 0 spiro atoms. The first-order valence-electron chi connectivity index (χ1n) is 7.46. The van der Waals surface area contributed by atoms with E-state index >= 15 is 0 Å². The number of rotatable bonds is 3. The van der Waals surface area contributed by atoms with E-state index in [1.54, 1.807) is 27.7 Å².